The minimum atomic E-state index is -1.17. The fourth-order valence-corrected chi connectivity index (χ4v) is 4.50. The van der Waals surface area contributed by atoms with E-state index in [1.165, 1.54) is 4.90 Å². The molecule has 0 spiro atoms. The minimum absolute atomic E-state index is 0.129. The second-order valence-electron chi connectivity index (χ2n) is 8.67. The summed E-state index contributed by atoms with van der Waals surface area (Å²) in [5.41, 5.74) is 0.386. The van der Waals surface area contributed by atoms with Crippen molar-refractivity contribution < 1.29 is 24.5 Å². The van der Waals surface area contributed by atoms with Gasteiger partial charge in [-0.3, -0.25) is 4.79 Å². The first-order valence-electron chi connectivity index (χ1n) is 10.7. The van der Waals surface area contributed by atoms with Crippen molar-refractivity contribution in [2.45, 2.75) is 45.4 Å². The first-order chi connectivity index (χ1) is 14.8. The molecule has 0 aromatic heterocycles. The Morgan fingerprint density at radius 1 is 1.00 bits per heavy atom. The monoisotopic (exact) mass is 425 g/mol. The van der Waals surface area contributed by atoms with E-state index in [1.54, 1.807) is 13.8 Å². The SMILES string of the molecule is CC(C)[C@H]1N(C(=O)[C@H](C)[C@@H](O)[C@@H](C)CO)C(=O)OC1(c1ccccc1)c1ccccc1. The smallest absolute Gasteiger partial charge is 0.418 e. The zero-order valence-corrected chi connectivity index (χ0v) is 18.4. The molecule has 0 bridgehead atoms. The second kappa shape index (κ2) is 9.20. The predicted octanol–water partition coefficient (Wildman–Crippen LogP) is 3.56. The van der Waals surface area contributed by atoms with Gasteiger partial charge in [-0.1, -0.05) is 88.4 Å². The van der Waals surface area contributed by atoms with Crippen LogP contribution in [-0.4, -0.2) is 45.9 Å². The van der Waals surface area contributed by atoms with E-state index in [-0.39, 0.29) is 12.5 Å². The number of hydrogen-bond acceptors (Lipinski definition) is 5. The molecular weight excluding hydrogens is 394 g/mol. The summed E-state index contributed by atoms with van der Waals surface area (Å²) < 4.78 is 6.08. The molecule has 0 saturated carbocycles. The van der Waals surface area contributed by atoms with Crippen molar-refractivity contribution in [3.63, 3.8) is 0 Å². The molecule has 2 N–H and O–H groups in total. The van der Waals surface area contributed by atoms with Gasteiger partial charge in [-0.25, -0.2) is 9.69 Å². The minimum Gasteiger partial charge on any atom is -0.430 e. The van der Waals surface area contributed by atoms with Crippen LogP contribution in [0.25, 0.3) is 0 Å². The molecule has 6 heteroatoms. The molecule has 1 saturated heterocycles. The number of aliphatic hydroxyl groups excluding tert-OH is 2. The molecule has 1 heterocycles. The summed E-state index contributed by atoms with van der Waals surface area (Å²) in [4.78, 5) is 27.8. The molecular formula is C25H31NO5. The fourth-order valence-electron chi connectivity index (χ4n) is 4.50. The number of carbonyl (C=O) groups is 2. The summed E-state index contributed by atoms with van der Waals surface area (Å²) in [5.74, 6) is -2.01. The average molecular weight is 426 g/mol. The van der Waals surface area contributed by atoms with E-state index in [0.717, 1.165) is 11.1 Å². The van der Waals surface area contributed by atoms with Gasteiger partial charge in [-0.05, 0) is 5.92 Å². The van der Waals surface area contributed by atoms with Crippen LogP contribution < -0.4 is 0 Å². The topological polar surface area (TPSA) is 87.1 Å². The van der Waals surface area contributed by atoms with Gasteiger partial charge in [0.05, 0.1) is 18.1 Å². The second-order valence-corrected chi connectivity index (χ2v) is 8.67. The summed E-state index contributed by atoms with van der Waals surface area (Å²) in [7, 11) is 0. The van der Waals surface area contributed by atoms with E-state index in [1.807, 2.05) is 74.5 Å². The molecule has 31 heavy (non-hydrogen) atoms. The van der Waals surface area contributed by atoms with E-state index in [4.69, 9.17) is 4.74 Å². The van der Waals surface area contributed by atoms with E-state index < -0.39 is 41.6 Å². The molecule has 1 aliphatic heterocycles. The molecule has 6 nitrogen and oxygen atoms in total. The van der Waals surface area contributed by atoms with Crippen LogP contribution in [0.15, 0.2) is 60.7 Å². The molecule has 1 aliphatic rings. The number of aliphatic hydroxyl groups is 2. The average Bonchev–Trinajstić information content (AvgIpc) is 3.12. The molecule has 4 atom stereocenters. The Kier molecular flexibility index (Phi) is 6.82. The van der Waals surface area contributed by atoms with Gasteiger partial charge in [-0.15, -0.1) is 0 Å². The highest BCUT2D eigenvalue weighted by atomic mass is 16.6. The number of rotatable bonds is 7. The number of hydrogen-bond donors (Lipinski definition) is 2. The number of nitrogens with zero attached hydrogens (tertiary/aromatic N) is 1. The van der Waals surface area contributed by atoms with Crippen molar-refractivity contribution in [3.05, 3.63) is 71.8 Å². The fraction of sp³-hybridized carbons (Fsp3) is 0.440. The normalized spacial score (nSPS) is 20.9. The van der Waals surface area contributed by atoms with E-state index >= 15 is 0 Å². The highest BCUT2D eigenvalue weighted by Crippen LogP contribution is 2.47. The molecule has 2 aromatic rings. The van der Waals surface area contributed by atoms with Crippen molar-refractivity contribution in [2.75, 3.05) is 6.61 Å². The standard InChI is InChI=1S/C25H31NO5/c1-16(2)22-25(19-11-7-5-8-12-19,20-13-9-6-10-14-20)31-24(30)26(22)23(29)18(4)21(28)17(3)15-27/h5-14,16-18,21-22,27-28H,15H2,1-4H3/t17-,18+,21-,22+/m0/s1. The van der Waals surface area contributed by atoms with Crippen molar-refractivity contribution in [3.8, 4) is 0 Å². The van der Waals surface area contributed by atoms with Crippen molar-refractivity contribution in [1.29, 1.82) is 0 Å². The highest BCUT2D eigenvalue weighted by molar-refractivity contribution is 5.96. The van der Waals surface area contributed by atoms with Gasteiger partial charge in [0, 0.05) is 23.7 Å². The van der Waals surface area contributed by atoms with Crippen LogP contribution in [0.5, 0.6) is 0 Å². The number of imide groups is 1. The summed E-state index contributed by atoms with van der Waals surface area (Å²) >= 11 is 0. The summed E-state index contributed by atoms with van der Waals surface area (Å²) in [6, 6.07) is 18.3. The van der Waals surface area contributed by atoms with E-state index in [0.29, 0.717) is 0 Å². The van der Waals surface area contributed by atoms with Gasteiger partial charge >= 0.3 is 6.09 Å². The first-order valence-corrected chi connectivity index (χ1v) is 10.7. The molecule has 0 unspecified atom stereocenters. The molecule has 2 aromatic carbocycles. The summed E-state index contributed by atoms with van der Waals surface area (Å²) in [6.07, 6.45) is -1.81. The number of amides is 2. The number of benzene rings is 2. The Bertz CT molecular complexity index is 859. The molecule has 166 valence electrons. The zero-order valence-electron chi connectivity index (χ0n) is 18.4. The van der Waals surface area contributed by atoms with Crippen molar-refractivity contribution in [1.82, 2.24) is 4.90 Å². The predicted molar refractivity (Wildman–Crippen MR) is 117 cm³/mol. The Balaban J connectivity index is 2.14. The van der Waals surface area contributed by atoms with Crippen LogP contribution in [-0.2, 0) is 15.1 Å². The maximum Gasteiger partial charge on any atom is 0.418 e. The summed E-state index contributed by atoms with van der Waals surface area (Å²) in [6.45, 7) is 6.88. The van der Waals surface area contributed by atoms with Crippen LogP contribution >= 0.6 is 0 Å². The maximum absolute atomic E-state index is 13.5. The van der Waals surface area contributed by atoms with Crippen LogP contribution in [0.3, 0.4) is 0 Å². The van der Waals surface area contributed by atoms with E-state index in [2.05, 4.69) is 0 Å². The van der Waals surface area contributed by atoms with Gasteiger partial charge in [0.1, 0.15) is 0 Å². The summed E-state index contributed by atoms with van der Waals surface area (Å²) in [5, 5.41) is 19.9. The Morgan fingerprint density at radius 2 is 1.48 bits per heavy atom. The van der Waals surface area contributed by atoms with Gasteiger partial charge in [-0.2, -0.15) is 0 Å². The number of ether oxygens (including phenoxy) is 1. The molecule has 1 fully saturated rings. The lowest BCUT2D eigenvalue weighted by atomic mass is 9.75. The Labute approximate surface area is 183 Å². The third-order valence-corrected chi connectivity index (χ3v) is 6.19. The molecule has 0 aliphatic carbocycles. The third kappa shape index (κ3) is 3.98. The quantitative estimate of drug-likeness (QED) is 0.708. The lowest BCUT2D eigenvalue weighted by Crippen LogP contribution is -2.52. The Hall–Kier alpha value is -2.70. The molecule has 0 radical (unpaired) electrons. The lowest BCUT2D eigenvalue weighted by Gasteiger charge is -2.38. The Morgan fingerprint density at radius 3 is 1.90 bits per heavy atom. The van der Waals surface area contributed by atoms with Crippen molar-refractivity contribution >= 4 is 12.0 Å². The lowest BCUT2D eigenvalue weighted by molar-refractivity contribution is -0.139. The number of cyclic esters (lactones) is 1. The van der Waals surface area contributed by atoms with Gasteiger partial charge in [0.2, 0.25) is 5.91 Å². The highest BCUT2D eigenvalue weighted by Gasteiger charge is 2.60. The van der Waals surface area contributed by atoms with Gasteiger partial charge < -0.3 is 14.9 Å². The van der Waals surface area contributed by atoms with Crippen LogP contribution in [0.4, 0.5) is 4.79 Å². The maximum atomic E-state index is 13.5. The van der Waals surface area contributed by atoms with Crippen LogP contribution in [0, 0.1) is 17.8 Å². The van der Waals surface area contributed by atoms with Gasteiger partial charge in [0.15, 0.2) is 5.60 Å². The van der Waals surface area contributed by atoms with Crippen molar-refractivity contribution in [2.24, 2.45) is 17.8 Å². The van der Waals surface area contributed by atoms with Crippen LogP contribution in [0.1, 0.15) is 38.8 Å². The third-order valence-electron chi connectivity index (χ3n) is 6.19. The number of carbonyl (C=O) groups excluding carboxylic acids is 2. The zero-order chi connectivity index (χ0) is 22.8. The molecule has 2 amide bonds. The van der Waals surface area contributed by atoms with Crippen LogP contribution in [0.2, 0.25) is 0 Å². The molecule has 3 rings (SSSR count). The van der Waals surface area contributed by atoms with Gasteiger partial charge in [0.25, 0.3) is 0 Å². The van der Waals surface area contributed by atoms with E-state index in [9.17, 15) is 19.8 Å². The first kappa shape index (κ1) is 23.0. The largest absolute Gasteiger partial charge is 0.430 e.